The number of rotatable bonds is 11. The van der Waals surface area contributed by atoms with Crippen molar-refractivity contribution in [3.05, 3.63) is 88.5 Å². The van der Waals surface area contributed by atoms with Crippen molar-refractivity contribution in [1.82, 2.24) is 14.5 Å². The zero-order valence-electron chi connectivity index (χ0n) is 23.4. The number of hydrogen-bond donors (Lipinski definition) is 0. The van der Waals surface area contributed by atoms with Crippen LogP contribution in [0, 0.1) is 5.92 Å². The summed E-state index contributed by atoms with van der Waals surface area (Å²) >= 11 is 0. The second kappa shape index (κ2) is 11.8. The van der Waals surface area contributed by atoms with E-state index in [0.29, 0.717) is 53.5 Å². The predicted octanol–water partition coefficient (Wildman–Crippen LogP) is 5.34. The molecule has 0 aliphatic heterocycles. The lowest BCUT2D eigenvalue weighted by atomic mass is 10.1. The molecule has 1 aliphatic rings. The third kappa shape index (κ3) is 5.52. The van der Waals surface area contributed by atoms with E-state index in [1.807, 2.05) is 79.4 Å². The van der Waals surface area contributed by atoms with Gasteiger partial charge in [0.1, 0.15) is 11.6 Å². The molecule has 8 heteroatoms. The number of ether oxygens (including phenoxy) is 3. The fourth-order valence-corrected chi connectivity index (χ4v) is 5.02. The topological polar surface area (TPSA) is 82.9 Å². The summed E-state index contributed by atoms with van der Waals surface area (Å²) in [5.74, 6) is 2.66. The van der Waals surface area contributed by atoms with Crippen molar-refractivity contribution < 1.29 is 19.0 Å². The van der Waals surface area contributed by atoms with Crippen LogP contribution in [0.2, 0.25) is 0 Å². The summed E-state index contributed by atoms with van der Waals surface area (Å²) in [4.78, 5) is 34.3. The van der Waals surface area contributed by atoms with Crippen LogP contribution in [0.15, 0.2) is 71.5 Å². The molecule has 3 aromatic carbocycles. The van der Waals surface area contributed by atoms with E-state index in [2.05, 4.69) is 0 Å². The molecule has 40 heavy (non-hydrogen) atoms. The van der Waals surface area contributed by atoms with Crippen molar-refractivity contribution in [2.45, 2.75) is 39.2 Å². The molecule has 0 saturated heterocycles. The Morgan fingerprint density at radius 3 is 2.42 bits per heavy atom. The number of aromatic nitrogens is 2. The highest BCUT2D eigenvalue weighted by Crippen LogP contribution is 2.35. The van der Waals surface area contributed by atoms with E-state index < -0.39 is 6.04 Å². The molecule has 1 amide bonds. The molecule has 1 fully saturated rings. The molecule has 1 saturated carbocycles. The predicted molar refractivity (Wildman–Crippen MR) is 155 cm³/mol. The smallest absolute Gasteiger partial charge is 0.266 e. The first-order valence-corrected chi connectivity index (χ1v) is 13.7. The summed E-state index contributed by atoms with van der Waals surface area (Å²) in [6.45, 7) is 4.91. The first-order chi connectivity index (χ1) is 19.4. The fraction of sp³-hybridized carbons (Fsp3) is 0.344. The Bertz CT molecular complexity index is 1560. The standard InChI is InChI=1S/C32H35N3O5/c1-5-40-25-15-13-24(14-16-25)35-30(33-27-9-7-6-8-26(27)32(35)37)21(2)34(31(36)23-11-12-23)19-18-22-10-17-28(38-3)29(20-22)39-4/h6-10,13-17,20-21,23H,5,11-12,18-19H2,1-4H3. The molecule has 1 unspecified atom stereocenters. The maximum atomic E-state index is 13.9. The average molecular weight is 542 g/mol. The third-order valence-corrected chi connectivity index (χ3v) is 7.35. The fourth-order valence-electron chi connectivity index (χ4n) is 5.02. The number of nitrogens with zero attached hydrogens (tertiary/aromatic N) is 3. The minimum absolute atomic E-state index is 0.0129. The van der Waals surface area contributed by atoms with Gasteiger partial charge in [-0.2, -0.15) is 0 Å². The van der Waals surface area contributed by atoms with Crippen LogP contribution in [0.1, 0.15) is 44.1 Å². The minimum Gasteiger partial charge on any atom is -0.494 e. The van der Waals surface area contributed by atoms with E-state index in [4.69, 9.17) is 19.2 Å². The van der Waals surface area contributed by atoms with E-state index in [0.717, 1.165) is 24.2 Å². The van der Waals surface area contributed by atoms with Crippen LogP contribution in [0.3, 0.4) is 0 Å². The van der Waals surface area contributed by atoms with Crippen molar-refractivity contribution in [1.29, 1.82) is 0 Å². The van der Waals surface area contributed by atoms with Gasteiger partial charge in [-0.1, -0.05) is 18.2 Å². The SMILES string of the molecule is CCOc1ccc(-n2c(C(C)N(CCc3ccc(OC)c(OC)c3)C(=O)C3CC3)nc3ccccc3c2=O)cc1. The first kappa shape index (κ1) is 27.2. The molecule has 5 rings (SSSR count). The lowest BCUT2D eigenvalue weighted by Crippen LogP contribution is -2.39. The quantitative estimate of drug-likeness (QED) is 0.255. The summed E-state index contributed by atoms with van der Waals surface area (Å²) in [7, 11) is 3.22. The minimum atomic E-state index is -0.447. The third-order valence-electron chi connectivity index (χ3n) is 7.35. The molecule has 1 aromatic heterocycles. The van der Waals surface area contributed by atoms with Gasteiger partial charge in [-0.15, -0.1) is 0 Å². The van der Waals surface area contributed by atoms with Crippen LogP contribution in [0.25, 0.3) is 16.6 Å². The first-order valence-electron chi connectivity index (χ1n) is 13.7. The second-order valence-corrected chi connectivity index (χ2v) is 9.98. The van der Waals surface area contributed by atoms with E-state index in [1.165, 1.54) is 0 Å². The van der Waals surface area contributed by atoms with Gasteiger partial charge in [0, 0.05) is 12.5 Å². The number of carbonyl (C=O) groups is 1. The summed E-state index contributed by atoms with van der Waals surface area (Å²) in [6, 6.07) is 20.1. The molecule has 1 heterocycles. The van der Waals surface area contributed by atoms with E-state index in [1.54, 1.807) is 24.9 Å². The highest BCUT2D eigenvalue weighted by Gasteiger charge is 2.37. The van der Waals surface area contributed by atoms with Crippen molar-refractivity contribution in [2.75, 3.05) is 27.4 Å². The Morgan fingerprint density at radius 2 is 1.75 bits per heavy atom. The van der Waals surface area contributed by atoms with Crippen LogP contribution in [0.4, 0.5) is 0 Å². The number of amides is 1. The number of methoxy groups -OCH3 is 2. The molecule has 8 nitrogen and oxygen atoms in total. The zero-order valence-corrected chi connectivity index (χ0v) is 23.4. The molecule has 4 aromatic rings. The van der Waals surface area contributed by atoms with Gasteiger partial charge >= 0.3 is 0 Å². The molecule has 0 spiro atoms. The zero-order chi connectivity index (χ0) is 28.2. The second-order valence-electron chi connectivity index (χ2n) is 9.98. The Balaban J connectivity index is 1.55. The molecule has 208 valence electrons. The Kier molecular flexibility index (Phi) is 8.05. The number of benzene rings is 3. The summed E-state index contributed by atoms with van der Waals surface area (Å²) in [6.07, 6.45) is 2.38. The van der Waals surface area contributed by atoms with Crippen molar-refractivity contribution in [2.24, 2.45) is 5.92 Å². The number of hydrogen-bond acceptors (Lipinski definition) is 6. The van der Waals surface area contributed by atoms with E-state index in [-0.39, 0.29) is 17.4 Å². The lowest BCUT2D eigenvalue weighted by molar-refractivity contribution is -0.134. The van der Waals surface area contributed by atoms with Gasteiger partial charge < -0.3 is 19.1 Å². The maximum absolute atomic E-state index is 13.9. The van der Waals surface area contributed by atoms with Gasteiger partial charge in [-0.25, -0.2) is 4.98 Å². The maximum Gasteiger partial charge on any atom is 0.266 e. The molecular weight excluding hydrogens is 506 g/mol. The van der Waals surface area contributed by atoms with Crippen molar-refractivity contribution in [3.8, 4) is 22.9 Å². The van der Waals surface area contributed by atoms with Crippen molar-refractivity contribution in [3.63, 3.8) is 0 Å². The summed E-state index contributed by atoms with van der Waals surface area (Å²) in [5, 5.41) is 0.526. The van der Waals surface area contributed by atoms with Crippen LogP contribution in [-0.4, -0.2) is 47.7 Å². The summed E-state index contributed by atoms with van der Waals surface area (Å²) < 4.78 is 18.1. The number of fused-ring (bicyclic) bond motifs is 1. The highest BCUT2D eigenvalue weighted by atomic mass is 16.5. The largest absolute Gasteiger partial charge is 0.494 e. The Labute approximate surface area is 234 Å². The van der Waals surface area contributed by atoms with Gasteiger partial charge in [0.15, 0.2) is 11.5 Å². The monoisotopic (exact) mass is 541 g/mol. The number of carbonyl (C=O) groups excluding carboxylic acids is 1. The molecule has 1 atom stereocenters. The van der Waals surface area contributed by atoms with Gasteiger partial charge in [-0.3, -0.25) is 14.2 Å². The lowest BCUT2D eigenvalue weighted by Gasteiger charge is -2.31. The normalized spacial score (nSPS) is 13.6. The van der Waals surface area contributed by atoms with Crippen LogP contribution < -0.4 is 19.8 Å². The summed E-state index contributed by atoms with van der Waals surface area (Å²) in [5.41, 5.74) is 2.13. The average Bonchev–Trinajstić information content (AvgIpc) is 3.83. The highest BCUT2D eigenvalue weighted by molar-refractivity contribution is 5.82. The molecular formula is C32H35N3O5. The molecule has 1 aliphatic carbocycles. The Morgan fingerprint density at radius 1 is 1.02 bits per heavy atom. The molecule has 0 bridgehead atoms. The van der Waals surface area contributed by atoms with Crippen molar-refractivity contribution >= 4 is 16.8 Å². The van der Waals surface area contributed by atoms with Gasteiger partial charge in [0.2, 0.25) is 5.91 Å². The number of para-hydroxylation sites is 1. The molecule has 0 radical (unpaired) electrons. The Hall–Kier alpha value is -4.33. The molecule has 0 N–H and O–H groups in total. The van der Waals surface area contributed by atoms with Crippen LogP contribution >= 0.6 is 0 Å². The van der Waals surface area contributed by atoms with Crippen LogP contribution in [0.5, 0.6) is 17.2 Å². The van der Waals surface area contributed by atoms with E-state index >= 15 is 0 Å². The van der Waals surface area contributed by atoms with Crippen LogP contribution in [-0.2, 0) is 11.2 Å². The van der Waals surface area contributed by atoms with Gasteiger partial charge in [0.25, 0.3) is 5.56 Å². The van der Waals surface area contributed by atoms with Gasteiger partial charge in [0.05, 0.1) is 43.5 Å². The van der Waals surface area contributed by atoms with E-state index in [9.17, 15) is 9.59 Å². The van der Waals surface area contributed by atoms with Gasteiger partial charge in [-0.05, 0) is 87.2 Å².